The van der Waals surface area contributed by atoms with E-state index in [9.17, 15) is 5.11 Å². The summed E-state index contributed by atoms with van der Waals surface area (Å²) in [5.41, 5.74) is 2.37. The normalized spacial score (nSPS) is 20.9. The number of benzene rings is 1. The fourth-order valence-corrected chi connectivity index (χ4v) is 2.68. The van der Waals surface area contributed by atoms with Crippen molar-refractivity contribution in [2.75, 3.05) is 6.61 Å². The van der Waals surface area contributed by atoms with Crippen LogP contribution in [0.1, 0.15) is 69.1 Å². The van der Waals surface area contributed by atoms with Gasteiger partial charge in [0.05, 0.1) is 12.2 Å². The van der Waals surface area contributed by atoms with Gasteiger partial charge in [-0.3, -0.25) is 0 Å². The standard InChI is InChI=1S/C17H26O2/c1-13(2)14-8-10-15(11-9-14)17(18)7-3-5-16-6-4-12-19-16/h8-11,13,16-18H,3-7,12H2,1-2H3. The molecule has 1 aliphatic heterocycles. The van der Waals surface area contributed by atoms with E-state index in [0.29, 0.717) is 12.0 Å². The lowest BCUT2D eigenvalue weighted by atomic mass is 9.97. The van der Waals surface area contributed by atoms with Gasteiger partial charge in [-0.05, 0) is 49.1 Å². The van der Waals surface area contributed by atoms with Gasteiger partial charge >= 0.3 is 0 Å². The molecule has 0 saturated carbocycles. The third kappa shape index (κ3) is 4.32. The first-order chi connectivity index (χ1) is 9.16. The second-order valence-electron chi connectivity index (χ2n) is 5.90. The lowest BCUT2D eigenvalue weighted by Gasteiger charge is -2.14. The summed E-state index contributed by atoms with van der Waals surface area (Å²) in [6.07, 6.45) is 5.46. The highest BCUT2D eigenvalue weighted by Crippen LogP contribution is 2.24. The first-order valence-corrected chi connectivity index (χ1v) is 7.56. The number of aliphatic hydroxyl groups excluding tert-OH is 1. The van der Waals surface area contributed by atoms with Gasteiger partial charge in [-0.15, -0.1) is 0 Å². The molecule has 0 bridgehead atoms. The molecule has 1 N–H and O–H groups in total. The van der Waals surface area contributed by atoms with Crippen LogP contribution in [0.4, 0.5) is 0 Å². The molecule has 0 radical (unpaired) electrons. The predicted molar refractivity (Wildman–Crippen MR) is 78.3 cm³/mol. The van der Waals surface area contributed by atoms with Crippen LogP contribution in [0.2, 0.25) is 0 Å². The molecule has 2 atom stereocenters. The molecular formula is C17H26O2. The van der Waals surface area contributed by atoms with E-state index in [1.165, 1.54) is 18.4 Å². The van der Waals surface area contributed by atoms with Crippen LogP contribution in [0.5, 0.6) is 0 Å². The quantitative estimate of drug-likeness (QED) is 0.833. The minimum Gasteiger partial charge on any atom is -0.388 e. The maximum absolute atomic E-state index is 10.2. The van der Waals surface area contributed by atoms with E-state index in [2.05, 4.69) is 38.1 Å². The fraction of sp³-hybridized carbons (Fsp3) is 0.647. The van der Waals surface area contributed by atoms with Crippen molar-refractivity contribution in [1.29, 1.82) is 0 Å². The second-order valence-corrected chi connectivity index (χ2v) is 5.90. The zero-order valence-corrected chi connectivity index (χ0v) is 12.1. The lowest BCUT2D eigenvalue weighted by Crippen LogP contribution is -2.06. The van der Waals surface area contributed by atoms with Gasteiger partial charge in [-0.1, -0.05) is 38.1 Å². The van der Waals surface area contributed by atoms with Gasteiger partial charge in [0, 0.05) is 6.61 Å². The van der Waals surface area contributed by atoms with Gasteiger partial charge in [0.1, 0.15) is 0 Å². The zero-order chi connectivity index (χ0) is 13.7. The summed E-state index contributed by atoms with van der Waals surface area (Å²) in [6.45, 7) is 5.30. The molecule has 2 unspecified atom stereocenters. The molecule has 2 rings (SSSR count). The average Bonchev–Trinajstić information content (AvgIpc) is 2.92. The summed E-state index contributed by atoms with van der Waals surface area (Å²) in [5, 5.41) is 10.2. The first-order valence-electron chi connectivity index (χ1n) is 7.56. The van der Waals surface area contributed by atoms with Crippen LogP contribution in [0.25, 0.3) is 0 Å². The van der Waals surface area contributed by atoms with Crippen molar-refractivity contribution in [1.82, 2.24) is 0 Å². The van der Waals surface area contributed by atoms with E-state index in [1.54, 1.807) is 0 Å². The Morgan fingerprint density at radius 1 is 1.21 bits per heavy atom. The minimum absolute atomic E-state index is 0.331. The molecule has 0 spiro atoms. The summed E-state index contributed by atoms with van der Waals surface area (Å²) < 4.78 is 5.60. The van der Waals surface area contributed by atoms with Crippen molar-refractivity contribution in [3.05, 3.63) is 35.4 Å². The van der Waals surface area contributed by atoms with E-state index in [0.717, 1.165) is 31.4 Å². The van der Waals surface area contributed by atoms with Crippen molar-refractivity contribution >= 4 is 0 Å². The van der Waals surface area contributed by atoms with E-state index in [-0.39, 0.29) is 6.10 Å². The summed E-state index contributed by atoms with van der Waals surface area (Å²) >= 11 is 0. The molecule has 1 aromatic carbocycles. The van der Waals surface area contributed by atoms with Gasteiger partial charge < -0.3 is 9.84 Å². The summed E-state index contributed by atoms with van der Waals surface area (Å²) in [6, 6.07) is 8.38. The molecule has 106 valence electrons. The summed E-state index contributed by atoms with van der Waals surface area (Å²) in [4.78, 5) is 0. The highest BCUT2D eigenvalue weighted by molar-refractivity contribution is 5.26. The van der Waals surface area contributed by atoms with Crippen LogP contribution in [0, 0.1) is 0 Å². The molecule has 1 heterocycles. The third-order valence-electron chi connectivity index (χ3n) is 4.02. The molecule has 1 aromatic rings. The molecule has 0 aliphatic carbocycles. The lowest BCUT2D eigenvalue weighted by molar-refractivity contribution is 0.0944. The molecule has 1 aliphatic rings. The summed E-state index contributed by atoms with van der Waals surface area (Å²) in [5.74, 6) is 0.547. The van der Waals surface area contributed by atoms with Crippen molar-refractivity contribution in [2.24, 2.45) is 0 Å². The Hall–Kier alpha value is -0.860. The number of ether oxygens (including phenoxy) is 1. The Morgan fingerprint density at radius 3 is 2.47 bits per heavy atom. The van der Waals surface area contributed by atoms with E-state index >= 15 is 0 Å². The Labute approximate surface area is 116 Å². The van der Waals surface area contributed by atoms with Crippen molar-refractivity contribution in [3.63, 3.8) is 0 Å². The molecule has 1 saturated heterocycles. The number of hydrogen-bond acceptors (Lipinski definition) is 2. The summed E-state index contributed by atoms with van der Waals surface area (Å²) in [7, 11) is 0. The van der Waals surface area contributed by atoms with Gasteiger partial charge in [0.25, 0.3) is 0 Å². The van der Waals surface area contributed by atoms with E-state index in [1.807, 2.05) is 0 Å². The third-order valence-corrected chi connectivity index (χ3v) is 4.02. The van der Waals surface area contributed by atoms with Crippen molar-refractivity contribution < 1.29 is 9.84 Å². The van der Waals surface area contributed by atoms with Gasteiger partial charge in [-0.25, -0.2) is 0 Å². The van der Waals surface area contributed by atoms with Crippen LogP contribution in [0.15, 0.2) is 24.3 Å². The maximum Gasteiger partial charge on any atom is 0.0790 e. The van der Waals surface area contributed by atoms with Crippen molar-refractivity contribution in [2.45, 2.75) is 64.1 Å². The SMILES string of the molecule is CC(C)c1ccc(C(O)CCCC2CCCO2)cc1. The van der Waals surface area contributed by atoms with Crippen molar-refractivity contribution in [3.8, 4) is 0 Å². The van der Waals surface area contributed by atoms with Gasteiger partial charge in [-0.2, -0.15) is 0 Å². The second kappa shape index (κ2) is 7.06. The smallest absolute Gasteiger partial charge is 0.0790 e. The van der Waals surface area contributed by atoms with Crippen LogP contribution < -0.4 is 0 Å². The number of aliphatic hydroxyl groups is 1. The van der Waals surface area contributed by atoms with E-state index in [4.69, 9.17) is 4.74 Å². The van der Waals surface area contributed by atoms with Gasteiger partial charge in [0.15, 0.2) is 0 Å². The highest BCUT2D eigenvalue weighted by Gasteiger charge is 2.16. The monoisotopic (exact) mass is 262 g/mol. The molecule has 0 amide bonds. The van der Waals surface area contributed by atoms with Crippen LogP contribution >= 0.6 is 0 Å². The molecule has 2 nitrogen and oxygen atoms in total. The average molecular weight is 262 g/mol. The van der Waals surface area contributed by atoms with E-state index < -0.39 is 0 Å². The Morgan fingerprint density at radius 2 is 1.89 bits per heavy atom. The van der Waals surface area contributed by atoms with Crippen LogP contribution in [0.3, 0.4) is 0 Å². The van der Waals surface area contributed by atoms with Gasteiger partial charge in [0.2, 0.25) is 0 Å². The molecule has 0 aromatic heterocycles. The first kappa shape index (κ1) is 14.5. The van der Waals surface area contributed by atoms with Crippen LogP contribution in [-0.4, -0.2) is 17.8 Å². The Bertz CT molecular complexity index is 363. The topological polar surface area (TPSA) is 29.5 Å². The Kier molecular flexibility index (Phi) is 5.41. The number of hydrogen-bond donors (Lipinski definition) is 1. The molecule has 1 fully saturated rings. The predicted octanol–water partition coefficient (Wildman–Crippen LogP) is 4.19. The zero-order valence-electron chi connectivity index (χ0n) is 12.1. The molecule has 19 heavy (non-hydrogen) atoms. The fourth-order valence-electron chi connectivity index (χ4n) is 2.68. The number of rotatable bonds is 6. The minimum atomic E-state index is -0.331. The molecule has 2 heteroatoms. The highest BCUT2D eigenvalue weighted by atomic mass is 16.5. The van der Waals surface area contributed by atoms with Crippen LogP contribution in [-0.2, 0) is 4.74 Å². The Balaban J connectivity index is 1.76. The molecular weight excluding hydrogens is 236 g/mol. The maximum atomic E-state index is 10.2. The largest absolute Gasteiger partial charge is 0.388 e.